The smallest absolute Gasteiger partial charge is 0.265 e. The second-order valence-electron chi connectivity index (χ2n) is 5.89. The van der Waals surface area contributed by atoms with E-state index in [1.54, 1.807) is 0 Å². The van der Waals surface area contributed by atoms with Gasteiger partial charge in [-0.1, -0.05) is 19.1 Å². The lowest BCUT2D eigenvalue weighted by Gasteiger charge is -2.34. The van der Waals surface area contributed by atoms with E-state index in [9.17, 15) is 4.79 Å². The third-order valence-corrected chi connectivity index (χ3v) is 4.21. The molecule has 1 aromatic rings. The number of nitrogens with one attached hydrogen (secondary N) is 2. The average molecular weight is 290 g/mol. The minimum absolute atomic E-state index is 0.0873. The fraction of sp³-hybridized carbons (Fsp3) is 0.562. The molecule has 114 valence electrons. The van der Waals surface area contributed by atoms with Crippen LogP contribution in [0.4, 0.5) is 0 Å². The van der Waals surface area contributed by atoms with Gasteiger partial charge in [-0.25, -0.2) is 0 Å². The molecule has 5 nitrogen and oxygen atoms in total. The maximum absolute atomic E-state index is 12.5. The third-order valence-electron chi connectivity index (χ3n) is 4.21. The van der Waals surface area contributed by atoms with E-state index in [1.165, 1.54) is 0 Å². The highest BCUT2D eigenvalue weighted by Crippen LogP contribution is 2.33. The van der Waals surface area contributed by atoms with Crippen molar-refractivity contribution in [1.29, 1.82) is 0 Å². The molecule has 2 aliphatic heterocycles. The molecule has 2 heterocycles. The molecule has 2 N–H and O–H groups in total. The first-order chi connectivity index (χ1) is 10.1. The van der Waals surface area contributed by atoms with Crippen LogP contribution in [-0.4, -0.2) is 37.2 Å². The first-order valence-corrected chi connectivity index (χ1v) is 7.58. The van der Waals surface area contributed by atoms with Gasteiger partial charge in [-0.2, -0.15) is 0 Å². The lowest BCUT2D eigenvalue weighted by molar-refractivity contribution is -0.134. The molecule has 0 bridgehead atoms. The number of fused-ring (bicyclic) bond motifs is 1. The molecule has 0 radical (unpaired) electrons. The molecule has 4 unspecified atom stereocenters. The third kappa shape index (κ3) is 2.97. The Balaban J connectivity index is 1.67. The fourth-order valence-corrected chi connectivity index (χ4v) is 2.90. The Morgan fingerprint density at radius 1 is 1.24 bits per heavy atom. The summed E-state index contributed by atoms with van der Waals surface area (Å²) in [5.41, 5.74) is 0. The summed E-state index contributed by atoms with van der Waals surface area (Å²) in [6.07, 6.45) is 0.0600. The zero-order chi connectivity index (χ0) is 14.8. The van der Waals surface area contributed by atoms with Crippen molar-refractivity contribution in [3.05, 3.63) is 24.3 Å². The standard InChI is InChI=1S/C16H22N2O3/c1-10-9-17-8-7-12(10)18-16(19)15-11(2)20-13-5-3-4-6-14(13)21-15/h3-6,10-12,15,17H,7-9H2,1-2H3,(H,18,19). The average Bonchev–Trinajstić information content (AvgIpc) is 2.49. The van der Waals surface area contributed by atoms with Gasteiger partial charge in [0, 0.05) is 6.04 Å². The number of ether oxygens (including phenoxy) is 2. The molecule has 0 spiro atoms. The maximum Gasteiger partial charge on any atom is 0.265 e. The molecule has 2 aliphatic rings. The van der Waals surface area contributed by atoms with Gasteiger partial charge >= 0.3 is 0 Å². The number of hydrogen-bond donors (Lipinski definition) is 2. The summed E-state index contributed by atoms with van der Waals surface area (Å²) < 4.78 is 11.6. The molecule has 1 aromatic carbocycles. The molecule has 1 amide bonds. The molecule has 0 aliphatic carbocycles. The summed E-state index contributed by atoms with van der Waals surface area (Å²) >= 11 is 0. The van der Waals surface area contributed by atoms with Crippen LogP contribution in [-0.2, 0) is 4.79 Å². The summed E-state index contributed by atoms with van der Waals surface area (Å²) in [6.45, 7) is 5.89. The Bertz CT molecular complexity index is 520. The van der Waals surface area contributed by atoms with Gasteiger partial charge < -0.3 is 20.1 Å². The molecule has 0 saturated carbocycles. The first kappa shape index (κ1) is 14.2. The quantitative estimate of drug-likeness (QED) is 0.862. The van der Waals surface area contributed by atoms with Gasteiger partial charge in [0.15, 0.2) is 11.5 Å². The maximum atomic E-state index is 12.5. The van der Waals surface area contributed by atoms with Gasteiger partial charge in [0.2, 0.25) is 6.10 Å². The van der Waals surface area contributed by atoms with Crippen LogP contribution in [0.1, 0.15) is 20.3 Å². The fourth-order valence-electron chi connectivity index (χ4n) is 2.90. The van der Waals surface area contributed by atoms with Crippen molar-refractivity contribution in [2.75, 3.05) is 13.1 Å². The molecule has 21 heavy (non-hydrogen) atoms. The van der Waals surface area contributed by atoms with Crippen molar-refractivity contribution in [2.45, 2.75) is 38.5 Å². The number of para-hydroxylation sites is 2. The topological polar surface area (TPSA) is 59.6 Å². The zero-order valence-corrected chi connectivity index (χ0v) is 12.5. The van der Waals surface area contributed by atoms with Crippen molar-refractivity contribution in [1.82, 2.24) is 10.6 Å². The number of hydrogen-bond acceptors (Lipinski definition) is 4. The first-order valence-electron chi connectivity index (χ1n) is 7.58. The van der Waals surface area contributed by atoms with E-state index in [4.69, 9.17) is 9.47 Å². The highest BCUT2D eigenvalue weighted by atomic mass is 16.6. The van der Waals surface area contributed by atoms with Gasteiger partial charge in [0.25, 0.3) is 5.91 Å². The summed E-state index contributed by atoms with van der Waals surface area (Å²) in [5, 5.41) is 6.45. The van der Waals surface area contributed by atoms with Crippen LogP contribution < -0.4 is 20.1 Å². The van der Waals surface area contributed by atoms with E-state index in [0.717, 1.165) is 19.5 Å². The van der Waals surface area contributed by atoms with Crippen molar-refractivity contribution in [3.63, 3.8) is 0 Å². The SMILES string of the molecule is CC1CNCCC1NC(=O)C1Oc2ccccc2OC1C. The van der Waals surface area contributed by atoms with E-state index in [-0.39, 0.29) is 18.1 Å². The van der Waals surface area contributed by atoms with Crippen LogP contribution in [0.2, 0.25) is 0 Å². The minimum atomic E-state index is -0.595. The molecule has 0 aromatic heterocycles. The van der Waals surface area contributed by atoms with Crippen molar-refractivity contribution >= 4 is 5.91 Å². The zero-order valence-electron chi connectivity index (χ0n) is 12.5. The van der Waals surface area contributed by atoms with Gasteiger partial charge in [-0.05, 0) is 44.5 Å². The molecule has 3 rings (SSSR count). The van der Waals surface area contributed by atoms with E-state index < -0.39 is 6.10 Å². The molecule has 1 saturated heterocycles. The van der Waals surface area contributed by atoms with Crippen molar-refractivity contribution in [2.24, 2.45) is 5.92 Å². The molecule has 1 fully saturated rings. The van der Waals surface area contributed by atoms with Gasteiger partial charge in [0.1, 0.15) is 6.10 Å². The van der Waals surface area contributed by atoms with E-state index in [2.05, 4.69) is 17.6 Å². The number of benzene rings is 1. The van der Waals surface area contributed by atoms with E-state index in [0.29, 0.717) is 17.4 Å². The Morgan fingerprint density at radius 2 is 1.95 bits per heavy atom. The van der Waals surface area contributed by atoms with E-state index >= 15 is 0 Å². The minimum Gasteiger partial charge on any atom is -0.482 e. The lowest BCUT2D eigenvalue weighted by Crippen LogP contribution is -2.55. The molecular weight excluding hydrogens is 268 g/mol. The predicted octanol–water partition coefficient (Wildman–Crippen LogP) is 1.33. The van der Waals surface area contributed by atoms with Crippen molar-refractivity contribution in [3.8, 4) is 11.5 Å². The second kappa shape index (κ2) is 5.93. The van der Waals surface area contributed by atoms with Crippen LogP contribution in [0.5, 0.6) is 11.5 Å². The normalized spacial score (nSPS) is 31.5. The number of rotatable bonds is 2. The summed E-state index contributed by atoms with van der Waals surface area (Å²) in [6, 6.07) is 7.66. The monoisotopic (exact) mass is 290 g/mol. The van der Waals surface area contributed by atoms with Gasteiger partial charge in [-0.15, -0.1) is 0 Å². The number of amides is 1. The van der Waals surface area contributed by atoms with Crippen LogP contribution in [0, 0.1) is 5.92 Å². The number of carbonyl (C=O) groups is 1. The van der Waals surface area contributed by atoms with Gasteiger partial charge in [0.05, 0.1) is 0 Å². The Morgan fingerprint density at radius 3 is 2.67 bits per heavy atom. The van der Waals surface area contributed by atoms with Crippen LogP contribution in [0.3, 0.4) is 0 Å². The molecule has 5 heteroatoms. The highest BCUT2D eigenvalue weighted by Gasteiger charge is 2.35. The van der Waals surface area contributed by atoms with Crippen LogP contribution >= 0.6 is 0 Å². The number of piperidine rings is 1. The second-order valence-corrected chi connectivity index (χ2v) is 5.89. The Kier molecular flexibility index (Phi) is 4.01. The van der Waals surface area contributed by atoms with Crippen LogP contribution in [0.25, 0.3) is 0 Å². The highest BCUT2D eigenvalue weighted by molar-refractivity contribution is 5.82. The lowest BCUT2D eigenvalue weighted by atomic mass is 9.95. The summed E-state index contributed by atoms with van der Waals surface area (Å²) in [5.74, 6) is 1.67. The summed E-state index contributed by atoms with van der Waals surface area (Å²) in [7, 11) is 0. The Hall–Kier alpha value is -1.75. The summed E-state index contributed by atoms with van der Waals surface area (Å²) in [4.78, 5) is 12.5. The van der Waals surface area contributed by atoms with Gasteiger partial charge in [-0.3, -0.25) is 4.79 Å². The van der Waals surface area contributed by atoms with Crippen LogP contribution in [0.15, 0.2) is 24.3 Å². The van der Waals surface area contributed by atoms with Crippen molar-refractivity contribution < 1.29 is 14.3 Å². The molecule has 4 atom stereocenters. The largest absolute Gasteiger partial charge is 0.482 e. The predicted molar refractivity (Wildman–Crippen MR) is 79.5 cm³/mol. The Labute approximate surface area is 125 Å². The van der Waals surface area contributed by atoms with E-state index in [1.807, 2.05) is 31.2 Å². The number of carbonyl (C=O) groups excluding carboxylic acids is 1. The molecular formula is C16H22N2O3.